The molecule has 33 heavy (non-hydrogen) atoms. The van der Waals surface area contributed by atoms with E-state index in [1.165, 1.54) is 16.7 Å². The van der Waals surface area contributed by atoms with Crippen LogP contribution in [0.4, 0.5) is 5.69 Å². The molecule has 0 atom stereocenters. The minimum Gasteiger partial charge on any atom is -0.490 e. The number of rotatable bonds is 7. The second-order valence-corrected chi connectivity index (χ2v) is 9.55. The Bertz CT molecular complexity index is 1210. The maximum absolute atomic E-state index is 13.0. The lowest BCUT2D eigenvalue weighted by molar-refractivity contribution is -0.113. The third kappa shape index (κ3) is 5.53. The summed E-state index contributed by atoms with van der Waals surface area (Å²) in [6.07, 6.45) is 1.76. The largest absolute Gasteiger partial charge is 0.490 e. The summed E-state index contributed by atoms with van der Waals surface area (Å²) in [4.78, 5) is 15.1. The molecule has 8 heteroatoms. The van der Waals surface area contributed by atoms with Crippen molar-refractivity contribution < 1.29 is 14.3 Å². The summed E-state index contributed by atoms with van der Waals surface area (Å²) in [6.45, 7) is 2.63. The van der Waals surface area contributed by atoms with Gasteiger partial charge in [-0.05, 0) is 60.5 Å². The number of benzene rings is 3. The van der Waals surface area contributed by atoms with E-state index in [1.807, 2.05) is 55.5 Å². The number of ether oxygens (including phenoxy) is 2. The van der Waals surface area contributed by atoms with Crippen LogP contribution >= 0.6 is 47.2 Å². The smallest absolute Gasteiger partial charge is 0.270 e. The average molecular weight is 516 g/mol. The molecule has 1 fully saturated rings. The van der Waals surface area contributed by atoms with Gasteiger partial charge in [-0.1, -0.05) is 77.5 Å². The van der Waals surface area contributed by atoms with Crippen LogP contribution in [-0.2, 0) is 11.4 Å². The summed E-state index contributed by atoms with van der Waals surface area (Å²) in [6, 6.07) is 20.3. The number of halogens is 2. The average Bonchev–Trinajstić information content (AvgIpc) is 3.08. The third-order valence-corrected chi connectivity index (χ3v) is 6.57. The van der Waals surface area contributed by atoms with Crippen molar-refractivity contribution in [1.29, 1.82) is 0 Å². The minimum absolute atomic E-state index is 0.173. The number of thiocarbonyl (C=S) groups is 1. The van der Waals surface area contributed by atoms with Crippen LogP contribution in [0.25, 0.3) is 6.08 Å². The number of hydrogen-bond acceptors (Lipinski definition) is 5. The van der Waals surface area contributed by atoms with Crippen LogP contribution in [0, 0.1) is 0 Å². The van der Waals surface area contributed by atoms with Crippen LogP contribution in [0.1, 0.15) is 18.1 Å². The molecule has 3 aromatic carbocycles. The van der Waals surface area contributed by atoms with E-state index >= 15 is 0 Å². The summed E-state index contributed by atoms with van der Waals surface area (Å²) in [7, 11) is 0. The highest BCUT2D eigenvalue weighted by atomic mass is 35.5. The second kappa shape index (κ2) is 10.6. The Morgan fingerprint density at radius 3 is 2.45 bits per heavy atom. The summed E-state index contributed by atoms with van der Waals surface area (Å²) >= 11 is 19.2. The highest BCUT2D eigenvalue weighted by molar-refractivity contribution is 8.27. The van der Waals surface area contributed by atoms with Gasteiger partial charge in [-0.25, -0.2) is 0 Å². The van der Waals surface area contributed by atoms with Gasteiger partial charge in [-0.2, -0.15) is 0 Å². The van der Waals surface area contributed by atoms with Gasteiger partial charge < -0.3 is 9.47 Å². The van der Waals surface area contributed by atoms with Crippen molar-refractivity contribution >= 4 is 69.2 Å². The van der Waals surface area contributed by atoms with E-state index in [-0.39, 0.29) is 5.91 Å². The SMILES string of the molecule is CCOc1cc(/C=C2/SC(=S)N(c3ccccc3)C2=O)cc(Cl)c1OCc1ccc(Cl)cc1. The number of thioether (sulfide) groups is 1. The fourth-order valence-electron chi connectivity index (χ4n) is 3.23. The molecule has 4 rings (SSSR count). The minimum atomic E-state index is -0.173. The molecular formula is C25H19Cl2NO3S2. The van der Waals surface area contributed by atoms with Crippen molar-refractivity contribution in [2.24, 2.45) is 0 Å². The highest BCUT2D eigenvalue weighted by Crippen LogP contribution is 2.40. The predicted molar refractivity (Wildman–Crippen MR) is 140 cm³/mol. The summed E-state index contributed by atoms with van der Waals surface area (Å²) < 4.78 is 12.2. The first kappa shape index (κ1) is 23.6. The van der Waals surface area contributed by atoms with E-state index in [0.29, 0.717) is 44.0 Å². The van der Waals surface area contributed by atoms with Gasteiger partial charge in [0.25, 0.3) is 5.91 Å². The number of carbonyl (C=O) groups excluding carboxylic acids is 1. The van der Waals surface area contributed by atoms with Crippen LogP contribution in [0.5, 0.6) is 11.5 Å². The summed E-state index contributed by atoms with van der Waals surface area (Å²) in [5.41, 5.74) is 2.41. The lowest BCUT2D eigenvalue weighted by Gasteiger charge is -2.15. The molecule has 0 aliphatic carbocycles. The molecule has 0 N–H and O–H groups in total. The maximum atomic E-state index is 13.0. The zero-order chi connectivity index (χ0) is 23.4. The van der Waals surface area contributed by atoms with Crippen LogP contribution < -0.4 is 14.4 Å². The zero-order valence-electron chi connectivity index (χ0n) is 17.6. The molecule has 1 heterocycles. The van der Waals surface area contributed by atoms with Crippen LogP contribution in [0.3, 0.4) is 0 Å². The summed E-state index contributed by atoms with van der Waals surface area (Å²) in [5.74, 6) is 0.777. The van der Waals surface area contributed by atoms with Gasteiger partial charge in [0.05, 0.1) is 22.2 Å². The van der Waals surface area contributed by atoms with E-state index in [4.69, 9.17) is 44.9 Å². The van der Waals surface area contributed by atoms with E-state index in [1.54, 1.807) is 24.3 Å². The van der Waals surface area contributed by atoms with E-state index in [2.05, 4.69) is 0 Å². The van der Waals surface area contributed by atoms with Gasteiger partial charge in [0, 0.05) is 5.02 Å². The number of carbonyl (C=O) groups is 1. The molecule has 168 valence electrons. The highest BCUT2D eigenvalue weighted by Gasteiger charge is 2.33. The Morgan fingerprint density at radius 2 is 1.76 bits per heavy atom. The van der Waals surface area contributed by atoms with Crippen molar-refractivity contribution in [2.45, 2.75) is 13.5 Å². The Balaban J connectivity index is 1.59. The third-order valence-electron chi connectivity index (χ3n) is 4.73. The normalized spacial score (nSPS) is 14.8. The fraction of sp³-hybridized carbons (Fsp3) is 0.120. The lowest BCUT2D eigenvalue weighted by atomic mass is 10.1. The van der Waals surface area contributed by atoms with Crippen LogP contribution in [0.2, 0.25) is 10.0 Å². The molecule has 0 bridgehead atoms. The Hall–Kier alpha value is -2.51. The van der Waals surface area contributed by atoms with Crippen molar-refractivity contribution in [2.75, 3.05) is 11.5 Å². The topological polar surface area (TPSA) is 38.8 Å². The van der Waals surface area contributed by atoms with Gasteiger partial charge in [0.2, 0.25) is 0 Å². The van der Waals surface area contributed by atoms with Gasteiger partial charge in [-0.15, -0.1) is 0 Å². The van der Waals surface area contributed by atoms with Crippen molar-refractivity contribution in [1.82, 2.24) is 0 Å². The monoisotopic (exact) mass is 515 g/mol. The Morgan fingerprint density at radius 1 is 1.03 bits per heavy atom. The fourth-order valence-corrected chi connectivity index (χ4v) is 4.93. The van der Waals surface area contributed by atoms with Crippen molar-refractivity contribution in [3.8, 4) is 11.5 Å². The van der Waals surface area contributed by atoms with Crippen molar-refractivity contribution in [3.05, 3.63) is 92.8 Å². The molecule has 0 aromatic heterocycles. The van der Waals surface area contributed by atoms with Gasteiger partial charge in [0.1, 0.15) is 6.61 Å². The maximum Gasteiger partial charge on any atom is 0.270 e. The van der Waals surface area contributed by atoms with E-state index in [9.17, 15) is 4.79 Å². The van der Waals surface area contributed by atoms with Crippen LogP contribution in [0.15, 0.2) is 71.6 Å². The molecule has 0 spiro atoms. The first-order valence-corrected chi connectivity index (χ1v) is 12.1. The quantitative estimate of drug-likeness (QED) is 0.242. The molecule has 0 unspecified atom stereocenters. The van der Waals surface area contributed by atoms with Gasteiger partial charge in [-0.3, -0.25) is 9.69 Å². The standard InChI is InChI=1S/C25H19Cl2NO3S2/c1-2-30-21-13-17(12-20(27)23(21)31-15-16-8-10-18(26)11-9-16)14-22-24(29)28(25(32)33-22)19-6-4-3-5-7-19/h3-14H,2,15H2,1H3/b22-14+. The number of nitrogens with zero attached hydrogens (tertiary/aromatic N) is 1. The first-order chi connectivity index (χ1) is 16.0. The number of para-hydroxylation sites is 1. The number of anilines is 1. The molecule has 0 saturated carbocycles. The second-order valence-electron chi connectivity index (χ2n) is 7.03. The Labute approximate surface area is 212 Å². The molecule has 1 amide bonds. The lowest BCUT2D eigenvalue weighted by Crippen LogP contribution is -2.27. The molecule has 1 aliphatic rings. The van der Waals surface area contributed by atoms with Crippen LogP contribution in [-0.4, -0.2) is 16.8 Å². The van der Waals surface area contributed by atoms with Crippen molar-refractivity contribution in [3.63, 3.8) is 0 Å². The Kier molecular flexibility index (Phi) is 7.60. The molecular weight excluding hydrogens is 497 g/mol. The predicted octanol–water partition coefficient (Wildman–Crippen LogP) is 7.38. The molecule has 4 nitrogen and oxygen atoms in total. The summed E-state index contributed by atoms with van der Waals surface area (Å²) in [5, 5.41) is 1.05. The molecule has 1 saturated heterocycles. The first-order valence-electron chi connectivity index (χ1n) is 10.1. The van der Waals surface area contributed by atoms with Gasteiger partial charge >= 0.3 is 0 Å². The number of hydrogen-bond donors (Lipinski definition) is 0. The number of amides is 1. The zero-order valence-corrected chi connectivity index (χ0v) is 20.7. The molecule has 0 radical (unpaired) electrons. The molecule has 3 aromatic rings. The van der Waals surface area contributed by atoms with Gasteiger partial charge in [0.15, 0.2) is 15.8 Å². The van der Waals surface area contributed by atoms with E-state index < -0.39 is 0 Å². The van der Waals surface area contributed by atoms with E-state index in [0.717, 1.165) is 16.8 Å². The molecule has 1 aliphatic heterocycles.